The zero-order chi connectivity index (χ0) is 19.9. The Balaban J connectivity index is 1.74. The minimum atomic E-state index is 0.358. The van der Waals surface area contributed by atoms with Gasteiger partial charge in [0.1, 0.15) is 6.61 Å². The average molecular weight is 481 g/mol. The summed E-state index contributed by atoms with van der Waals surface area (Å²) in [5.74, 6) is 1.17. The van der Waals surface area contributed by atoms with Gasteiger partial charge >= 0.3 is 0 Å². The van der Waals surface area contributed by atoms with Crippen LogP contribution in [0, 0.1) is 0 Å². The molecule has 3 aromatic rings. The van der Waals surface area contributed by atoms with Gasteiger partial charge in [-0.15, -0.1) is 0 Å². The van der Waals surface area contributed by atoms with Crippen LogP contribution < -0.4 is 14.8 Å². The van der Waals surface area contributed by atoms with Gasteiger partial charge in [-0.3, -0.25) is 0 Å². The maximum atomic E-state index is 6.51. The lowest BCUT2D eigenvalue weighted by molar-refractivity contribution is 0.269. The molecule has 0 bridgehead atoms. The lowest BCUT2D eigenvalue weighted by Crippen LogP contribution is -2.04. The zero-order valence-electron chi connectivity index (χ0n) is 15.3. The topological polar surface area (TPSA) is 30.5 Å². The first-order valence-electron chi connectivity index (χ1n) is 8.87. The molecule has 0 saturated carbocycles. The Morgan fingerprint density at radius 1 is 0.929 bits per heavy atom. The molecule has 6 heteroatoms. The molecule has 0 aliphatic heterocycles. The number of anilines is 1. The van der Waals surface area contributed by atoms with E-state index in [-0.39, 0.29) is 0 Å². The van der Waals surface area contributed by atoms with Crippen LogP contribution in [-0.2, 0) is 13.2 Å². The fraction of sp³-hybridized carbons (Fsp3) is 0.182. The summed E-state index contributed by atoms with van der Waals surface area (Å²) in [5, 5.41) is 4.56. The SMILES string of the molecule is CCOc1cc(CNc2ccc(Br)cc2)cc(Cl)c1OCc1cccc(Cl)c1. The second-order valence-corrected chi connectivity index (χ2v) is 7.88. The van der Waals surface area contributed by atoms with Crippen molar-refractivity contribution in [1.29, 1.82) is 0 Å². The normalized spacial score (nSPS) is 10.6. The molecule has 0 saturated heterocycles. The van der Waals surface area contributed by atoms with Crippen molar-refractivity contribution in [2.45, 2.75) is 20.1 Å². The monoisotopic (exact) mass is 479 g/mol. The van der Waals surface area contributed by atoms with E-state index in [0.717, 1.165) is 21.3 Å². The van der Waals surface area contributed by atoms with Crippen LogP contribution in [0.3, 0.4) is 0 Å². The lowest BCUT2D eigenvalue weighted by Gasteiger charge is -2.16. The molecule has 0 aliphatic rings. The molecular formula is C22H20BrCl2NO2. The van der Waals surface area contributed by atoms with Gasteiger partial charge in [0.15, 0.2) is 11.5 Å². The molecule has 0 heterocycles. The Bertz CT molecular complexity index is 932. The quantitative estimate of drug-likeness (QED) is 0.365. The fourth-order valence-corrected chi connectivity index (χ4v) is 3.45. The molecule has 1 N–H and O–H groups in total. The van der Waals surface area contributed by atoms with E-state index in [1.54, 1.807) is 0 Å². The lowest BCUT2D eigenvalue weighted by atomic mass is 10.2. The zero-order valence-corrected chi connectivity index (χ0v) is 18.4. The summed E-state index contributed by atoms with van der Waals surface area (Å²) in [5.41, 5.74) is 3.00. The van der Waals surface area contributed by atoms with E-state index in [0.29, 0.717) is 41.3 Å². The molecule has 0 unspecified atom stereocenters. The van der Waals surface area contributed by atoms with Crippen LogP contribution in [0.4, 0.5) is 5.69 Å². The number of benzene rings is 3. The molecule has 0 spiro atoms. The highest BCUT2D eigenvalue weighted by atomic mass is 79.9. The summed E-state index contributed by atoms with van der Waals surface area (Å²) in [7, 11) is 0. The third-order valence-corrected chi connectivity index (χ3v) is 5.03. The fourth-order valence-electron chi connectivity index (χ4n) is 2.68. The van der Waals surface area contributed by atoms with Crippen LogP contribution in [0.5, 0.6) is 11.5 Å². The Morgan fingerprint density at radius 3 is 2.43 bits per heavy atom. The average Bonchev–Trinajstić information content (AvgIpc) is 2.67. The van der Waals surface area contributed by atoms with E-state index in [1.807, 2.05) is 67.6 Å². The molecule has 0 aromatic heterocycles. The smallest absolute Gasteiger partial charge is 0.180 e. The first kappa shape index (κ1) is 20.8. The van der Waals surface area contributed by atoms with Gasteiger partial charge in [-0.1, -0.05) is 51.3 Å². The van der Waals surface area contributed by atoms with Crippen molar-refractivity contribution >= 4 is 44.8 Å². The van der Waals surface area contributed by atoms with Crippen LogP contribution in [0.2, 0.25) is 10.0 Å². The molecule has 0 fully saturated rings. The summed E-state index contributed by atoms with van der Waals surface area (Å²) in [4.78, 5) is 0. The van der Waals surface area contributed by atoms with Crippen LogP contribution >= 0.6 is 39.1 Å². The Kier molecular flexibility index (Phi) is 7.49. The molecule has 146 valence electrons. The minimum Gasteiger partial charge on any atom is -0.490 e. The van der Waals surface area contributed by atoms with Crippen LogP contribution in [0.1, 0.15) is 18.1 Å². The molecular weight excluding hydrogens is 461 g/mol. The summed E-state index contributed by atoms with van der Waals surface area (Å²) in [6, 6.07) is 19.4. The van der Waals surface area contributed by atoms with Gasteiger partial charge in [-0.05, 0) is 66.6 Å². The molecule has 3 rings (SSSR count). The van der Waals surface area contributed by atoms with Crippen LogP contribution in [0.15, 0.2) is 65.1 Å². The molecule has 3 aromatic carbocycles. The Labute approximate surface area is 183 Å². The molecule has 0 aliphatic carbocycles. The summed E-state index contributed by atoms with van der Waals surface area (Å²) in [6.45, 7) is 3.43. The maximum Gasteiger partial charge on any atom is 0.180 e. The molecule has 0 radical (unpaired) electrons. The number of nitrogens with one attached hydrogen (secondary N) is 1. The summed E-state index contributed by atoms with van der Waals surface area (Å²) < 4.78 is 12.8. The summed E-state index contributed by atoms with van der Waals surface area (Å²) in [6.07, 6.45) is 0. The molecule has 3 nitrogen and oxygen atoms in total. The van der Waals surface area contributed by atoms with Crippen molar-refractivity contribution in [2.24, 2.45) is 0 Å². The molecule has 0 amide bonds. The van der Waals surface area contributed by atoms with Crippen molar-refractivity contribution in [3.05, 3.63) is 86.3 Å². The predicted octanol–water partition coefficient (Wildman–Crippen LogP) is 7.35. The Morgan fingerprint density at radius 2 is 1.71 bits per heavy atom. The number of hydrogen-bond donors (Lipinski definition) is 1. The Hall–Kier alpha value is -1.88. The van der Waals surface area contributed by atoms with Crippen molar-refractivity contribution in [1.82, 2.24) is 0 Å². The number of ether oxygens (including phenoxy) is 2. The third kappa shape index (κ3) is 5.81. The number of hydrogen-bond acceptors (Lipinski definition) is 3. The van der Waals surface area contributed by atoms with Crippen molar-refractivity contribution in [2.75, 3.05) is 11.9 Å². The first-order valence-corrected chi connectivity index (χ1v) is 10.4. The molecule has 28 heavy (non-hydrogen) atoms. The predicted molar refractivity (Wildman–Crippen MR) is 120 cm³/mol. The van der Waals surface area contributed by atoms with Crippen molar-refractivity contribution in [3.8, 4) is 11.5 Å². The number of halogens is 3. The van der Waals surface area contributed by atoms with E-state index in [1.165, 1.54) is 0 Å². The highest BCUT2D eigenvalue weighted by Crippen LogP contribution is 2.37. The van der Waals surface area contributed by atoms with E-state index in [4.69, 9.17) is 32.7 Å². The first-order chi connectivity index (χ1) is 13.5. The van der Waals surface area contributed by atoms with E-state index in [2.05, 4.69) is 21.2 Å². The van der Waals surface area contributed by atoms with Gasteiger partial charge < -0.3 is 14.8 Å². The standard InChI is InChI=1S/C22H20BrCl2NO2/c1-2-27-21-12-16(13-26-19-8-6-17(23)7-9-19)11-20(25)22(21)28-14-15-4-3-5-18(24)10-15/h3-12,26H,2,13-14H2,1H3. The molecule has 0 atom stereocenters. The van der Waals surface area contributed by atoms with Crippen LogP contribution in [0.25, 0.3) is 0 Å². The number of rotatable bonds is 8. The van der Waals surface area contributed by atoms with Crippen molar-refractivity contribution < 1.29 is 9.47 Å². The second kappa shape index (κ2) is 10.1. The van der Waals surface area contributed by atoms with Gasteiger partial charge in [0, 0.05) is 21.7 Å². The van der Waals surface area contributed by atoms with Gasteiger partial charge in [0.05, 0.1) is 11.6 Å². The van der Waals surface area contributed by atoms with Crippen LogP contribution in [-0.4, -0.2) is 6.61 Å². The van der Waals surface area contributed by atoms with E-state index < -0.39 is 0 Å². The van der Waals surface area contributed by atoms with E-state index >= 15 is 0 Å². The largest absolute Gasteiger partial charge is 0.490 e. The van der Waals surface area contributed by atoms with Gasteiger partial charge in [0.2, 0.25) is 0 Å². The van der Waals surface area contributed by atoms with E-state index in [9.17, 15) is 0 Å². The second-order valence-electron chi connectivity index (χ2n) is 6.12. The highest BCUT2D eigenvalue weighted by Gasteiger charge is 2.13. The third-order valence-electron chi connectivity index (χ3n) is 3.98. The van der Waals surface area contributed by atoms with Gasteiger partial charge in [-0.25, -0.2) is 0 Å². The van der Waals surface area contributed by atoms with Gasteiger partial charge in [0.25, 0.3) is 0 Å². The maximum absolute atomic E-state index is 6.51. The minimum absolute atomic E-state index is 0.358. The van der Waals surface area contributed by atoms with Crippen molar-refractivity contribution in [3.63, 3.8) is 0 Å². The summed E-state index contributed by atoms with van der Waals surface area (Å²) >= 11 is 16.0. The highest BCUT2D eigenvalue weighted by molar-refractivity contribution is 9.10. The van der Waals surface area contributed by atoms with Gasteiger partial charge in [-0.2, -0.15) is 0 Å².